The minimum Gasteiger partial charge on any atom is -0.394 e. The third-order valence-corrected chi connectivity index (χ3v) is 5.86. The Balaban J connectivity index is 0.000000478. The van der Waals surface area contributed by atoms with Crippen LogP contribution in [0.1, 0.15) is 32.1 Å². The number of ether oxygens (including phenoxy) is 3. The zero-order valence-corrected chi connectivity index (χ0v) is 17.1. The molecule has 0 aromatic carbocycles. The molecule has 1 aliphatic carbocycles. The molecule has 1 saturated carbocycles. The molecule has 4 aliphatic rings. The highest BCUT2D eigenvalue weighted by Gasteiger charge is 2.52. The average Bonchev–Trinajstić information content (AvgIpc) is 3.44. The summed E-state index contributed by atoms with van der Waals surface area (Å²) in [4.78, 5) is 25.8. The number of carbonyl (C=O) groups is 2. The van der Waals surface area contributed by atoms with Gasteiger partial charge in [-0.15, -0.1) is 0 Å². The number of hydrogen-bond donors (Lipinski definition) is 5. The first-order valence-corrected chi connectivity index (χ1v) is 10.4. The molecular formula is C19H30FN3O8. The minimum atomic E-state index is -2.26. The molecule has 2 amide bonds. The van der Waals surface area contributed by atoms with Crippen LogP contribution in [0.25, 0.3) is 0 Å². The van der Waals surface area contributed by atoms with E-state index in [0.29, 0.717) is 30.7 Å². The van der Waals surface area contributed by atoms with Crippen LogP contribution in [0.3, 0.4) is 0 Å². The topological polar surface area (TPSA) is 164 Å². The smallest absolute Gasteiger partial charge is 0.325 e. The van der Waals surface area contributed by atoms with Crippen molar-refractivity contribution >= 4 is 11.8 Å². The van der Waals surface area contributed by atoms with E-state index in [1.54, 1.807) is 0 Å². The largest absolute Gasteiger partial charge is 0.394 e. The van der Waals surface area contributed by atoms with Gasteiger partial charge in [0.25, 0.3) is 0 Å². The number of aliphatic hydroxyl groups excluding tert-OH is 3. The molecule has 31 heavy (non-hydrogen) atoms. The molecule has 0 aromatic rings. The number of nitrogens with two attached hydrogens (primary N) is 1. The number of aliphatic hydroxyl groups is 3. The number of ketones is 1. The Kier molecular flexibility index (Phi) is 7.97. The van der Waals surface area contributed by atoms with Crippen LogP contribution in [0.2, 0.25) is 0 Å². The maximum Gasteiger partial charge on any atom is 0.325 e. The van der Waals surface area contributed by atoms with E-state index in [4.69, 9.17) is 25.1 Å². The van der Waals surface area contributed by atoms with Gasteiger partial charge in [-0.2, -0.15) is 0 Å². The highest BCUT2D eigenvalue weighted by atomic mass is 19.1. The number of urea groups is 1. The van der Waals surface area contributed by atoms with Gasteiger partial charge in [0.1, 0.15) is 25.1 Å². The summed E-state index contributed by atoms with van der Waals surface area (Å²) in [5, 5.41) is 31.1. The van der Waals surface area contributed by atoms with E-state index in [0.717, 1.165) is 32.5 Å². The number of hydrogen-bond acceptors (Lipinski definition) is 9. The first kappa shape index (κ1) is 24.0. The van der Waals surface area contributed by atoms with Crippen molar-refractivity contribution < 1.29 is 43.5 Å². The van der Waals surface area contributed by atoms with Crippen molar-refractivity contribution in [3.05, 3.63) is 12.0 Å². The number of halogens is 1. The van der Waals surface area contributed by atoms with Crippen molar-refractivity contribution in [2.45, 2.75) is 62.3 Å². The molecule has 0 radical (unpaired) electrons. The normalized spacial score (nSPS) is 36.5. The Labute approximate surface area is 178 Å². The fourth-order valence-corrected chi connectivity index (χ4v) is 4.04. The van der Waals surface area contributed by atoms with E-state index in [9.17, 15) is 24.2 Å². The molecule has 0 aromatic heterocycles. The van der Waals surface area contributed by atoms with Gasteiger partial charge >= 0.3 is 6.03 Å². The van der Waals surface area contributed by atoms with Crippen molar-refractivity contribution in [1.29, 1.82) is 0 Å². The van der Waals surface area contributed by atoms with Gasteiger partial charge < -0.3 is 34.8 Å². The second-order valence-corrected chi connectivity index (χ2v) is 7.98. The van der Waals surface area contributed by atoms with Crippen molar-refractivity contribution in [3.63, 3.8) is 0 Å². The maximum absolute atomic E-state index is 14.7. The Hall–Kier alpha value is -1.67. The Morgan fingerprint density at radius 2 is 1.87 bits per heavy atom. The van der Waals surface area contributed by atoms with Crippen LogP contribution in [-0.4, -0.2) is 88.9 Å². The van der Waals surface area contributed by atoms with Gasteiger partial charge in [0.05, 0.1) is 19.8 Å². The van der Waals surface area contributed by atoms with E-state index in [2.05, 4.69) is 5.32 Å². The molecule has 176 valence electrons. The van der Waals surface area contributed by atoms with E-state index in [-0.39, 0.29) is 0 Å². The van der Waals surface area contributed by atoms with Gasteiger partial charge in [-0.05, 0) is 12.8 Å². The van der Waals surface area contributed by atoms with Gasteiger partial charge in [-0.1, -0.05) is 19.3 Å². The average molecular weight is 447 g/mol. The van der Waals surface area contributed by atoms with Gasteiger partial charge in [0.15, 0.2) is 17.8 Å². The monoisotopic (exact) mass is 447 g/mol. The van der Waals surface area contributed by atoms with E-state index in [1.807, 2.05) is 0 Å². The van der Waals surface area contributed by atoms with Crippen LogP contribution in [0.5, 0.6) is 0 Å². The molecular weight excluding hydrogens is 417 g/mol. The summed E-state index contributed by atoms with van der Waals surface area (Å²) in [6, 6.07) is -0.937. The molecule has 3 fully saturated rings. The van der Waals surface area contributed by atoms with Crippen molar-refractivity contribution in [1.82, 2.24) is 10.2 Å². The van der Waals surface area contributed by atoms with Gasteiger partial charge in [0, 0.05) is 12.1 Å². The second-order valence-electron chi connectivity index (χ2n) is 7.98. The Morgan fingerprint density at radius 3 is 2.39 bits per heavy atom. The molecule has 6 N–H and O–H groups in total. The molecule has 2 saturated heterocycles. The summed E-state index contributed by atoms with van der Waals surface area (Å²) < 4.78 is 29.4. The third kappa shape index (κ3) is 5.06. The lowest BCUT2D eigenvalue weighted by molar-refractivity contribution is -0.130. The Bertz CT molecular complexity index is 677. The SMILES string of the molecule is C1COCO1.NC1(C(=O)C2CCCCC2)NC(=O)N([C@@H]2O[C@H](CO)[C@@H](O)[C@H]2O)C=C1F. The summed E-state index contributed by atoms with van der Waals surface area (Å²) in [5.41, 5.74) is 3.64. The van der Waals surface area contributed by atoms with Gasteiger partial charge in [-0.3, -0.25) is 15.4 Å². The van der Waals surface area contributed by atoms with Crippen LogP contribution in [0.4, 0.5) is 9.18 Å². The maximum atomic E-state index is 14.7. The molecule has 5 atom stereocenters. The molecule has 0 spiro atoms. The first-order valence-electron chi connectivity index (χ1n) is 10.4. The Morgan fingerprint density at radius 1 is 1.23 bits per heavy atom. The van der Waals surface area contributed by atoms with Crippen LogP contribution >= 0.6 is 0 Å². The predicted octanol–water partition coefficient (Wildman–Crippen LogP) is -0.943. The number of nitrogens with zero attached hydrogens (tertiary/aromatic N) is 1. The van der Waals surface area contributed by atoms with Crippen LogP contribution in [-0.2, 0) is 19.0 Å². The van der Waals surface area contributed by atoms with Crippen LogP contribution < -0.4 is 11.1 Å². The fourth-order valence-electron chi connectivity index (χ4n) is 4.04. The van der Waals surface area contributed by atoms with E-state index >= 15 is 0 Å². The first-order chi connectivity index (χ1) is 14.8. The van der Waals surface area contributed by atoms with Crippen LogP contribution in [0, 0.1) is 5.92 Å². The number of nitrogens with one attached hydrogen (secondary N) is 1. The fraction of sp³-hybridized carbons (Fsp3) is 0.789. The number of amides is 2. The lowest BCUT2D eigenvalue weighted by Crippen LogP contribution is -2.69. The standard InChI is InChI=1S/C16H24FN3O6.C3H6O2/c17-10-6-20(14-12(23)11(22)9(7-21)26-14)15(25)19-16(10,18)13(24)8-4-2-1-3-5-8;1-2-5-3-4-1/h6,8-9,11-12,14,21-23H,1-5,7,18H2,(H,19,25);1-3H2/t9-,11-,12-,14-,16?;/m1./s1. The highest BCUT2D eigenvalue weighted by Crippen LogP contribution is 2.33. The predicted molar refractivity (Wildman–Crippen MR) is 103 cm³/mol. The molecule has 3 aliphatic heterocycles. The van der Waals surface area contributed by atoms with Gasteiger partial charge in [-0.25, -0.2) is 9.18 Å². The van der Waals surface area contributed by atoms with Gasteiger partial charge in [0.2, 0.25) is 5.66 Å². The van der Waals surface area contributed by atoms with E-state index in [1.165, 1.54) is 0 Å². The lowest BCUT2D eigenvalue weighted by atomic mass is 9.81. The summed E-state index contributed by atoms with van der Waals surface area (Å²) in [5.74, 6) is -2.08. The number of rotatable bonds is 4. The number of Topliss-reactive ketones (excluding diaryl/α,β-unsaturated/α-hetero) is 1. The number of carbonyl (C=O) groups excluding carboxylic acids is 2. The summed E-state index contributed by atoms with van der Waals surface area (Å²) in [6.07, 6.45) is -0.927. The second kappa shape index (κ2) is 10.3. The molecule has 3 heterocycles. The third-order valence-electron chi connectivity index (χ3n) is 5.86. The summed E-state index contributed by atoms with van der Waals surface area (Å²) in [7, 11) is 0. The quantitative estimate of drug-likeness (QED) is 0.366. The zero-order valence-electron chi connectivity index (χ0n) is 17.1. The van der Waals surface area contributed by atoms with Crippen molar-refractivity contribution in [2.24, 2.45) is 11.7 Å². The molecule has 1 unspecified atom stereocenters. The molecule has 11 nitrogen and oxygen atoms in total. The minimum absolute atomic E-state index is 0.423. The molecule has 4 rings (SSSR count). The summed E-state index contributed by atoms with van der Waals surface area (Å²) >= 11 is 0. The molecule has 12 heteroatoms. The van der Waals surface area contributed by atoms with Crippen molar-refractivity contribution in [2.75, 3.05) is 26.6 Å². The summed E-state index contributed by atoms with van der Waals surface area (Å²) in [6.45, 7) is 1.47. The lowest BCUT2D eigenvalue weighted by Gasteiger charge is -2.39. The zero-order chi connectivity index (χ0) is 22.6. The molecule has 0 bridgehead atoms. The van der Waals surface area contributed by atoms with E-state index < -0.39 is 60.4 Å². The van der Waals surface area contributed by atoms with Crippen LogP contribution in [0.15, 0.2) is 12.0 Å². The highest BCUT2D eigenvalue weighted by molar-refractivity contribution is 5.97. The van der Waals surface area contributed by atoms with Crippen molar-refractivity contribution in [3.8, 4) is 0 Å².